The lowest BCUT2D eigenvalue weighted by molar-refractivity contribution is 0.198. The first-order valence-corrected chi connectivity index (χ1v) is 7.23. The second-order valence-corrected chi connectivity index (χ2v) is 6.16. The van der Waals surface area contributed by atoms with Crippen molar-refractivity contribution in [3.63, 3.8) is 0 Å². The molecule has 1 aromatic heterocycles. The molecule has 1 N–H and O–H groups in total. The molecule has 0 radical (unpaired) electrons. The van der Waals surface area contributed by atoms with E-state index in [1.807, 2.05) is 0 Å². The minimum atomic E-state index is -3.15. The fourth-order valence-electron chi connectivity index (χ4n) is 1.17. The van der Waals surface area contributed by atoms with Crippen LogP contribution in [0.4, 0.5) is 0 Å². The molecule has 6 nitrogen and oxygen atoms in total. The molecule has 0 bridgehead atoms. The van der Waals surface area contributed by atoms with Crippen molar-refractivity contribution in [3.05, 3.63) is 17.8 Å². The van der Waals surface area contributed by atoms with Crippen LogP contribution in [0.1, 0.15) is 23.8 Å². The number of aromatic nitrogens is 1. The topological polar surface area (TPSA) is 81.4 Å². The van der Waals surface area contributed by atoms with E-state index in [-0.39, 0.29) is 0 Å². The van der Waals surface area contributed by atoms with Crippen molar-refractivity contribution in [3.8, 4) is 0 Å². The third-order valence-corrected chi connectivity index (χ3v) is 3.89. The van der Waals surface area contributed by atoms with Gasteiger partial charge >= 0.3 is 0 Å². The first-order valence-electron chi connectivity index (χ1n) is 5.28. The minimum absolute atomic E-state index is 0.371. The fourth-order valence-corrected chi connectivity index (χ4v) is 1.71. The Bertz CT molecular complexity index is 441. The van der Waals surface area contributed by atoms with Gasteiger partial charge < -0.3 is 14.5 Å². The molecule has 0 spiro atoms. The predicted molar refractivity (Wildman–Crippen MR) is 63.3 cm³/mol. The van der Waals surface area contributed by atoms with Gasteiger partial charge in [0.1, 0.15) is 11.0 Å². The fraction of sp³-hybridized carbons (Fsp3) is 0.700. The van der Waals surface area contributed by atoms with Crippen LogP contribution < -0.4 is 5.32 Å². The molecule has 1 rings (SSSR count). The molecule has 0 amide bonds. The maximum atomic E-state index is 11.3. The molecule has 1 aromatic rings. The van der Waals surface area contributed by atoms with Gasteiger partial charge in [-0.3, -0.25) is 0 Å². The molecular weight excluding hydrogens is 244 g/mol. The third kappa shape index (κ3) is 4.45. The summed E-state index contributed by atoms with van der Waals surface area (Å²) in [6.07, 6.45) is 2.63. The van der Waals surface area contributed by atoms with E-state index in [9.17, 15) is 8.42 Å². The smallest absolute Gasteiger partial charge is 0.208 e. The van der Waals surface area contributed by atoms with Gasteiger partial charge in [-0.1, -0.05) is 0 Å². The van der Waals surface area contributed by atoms with Crippen LogP contribution in [-0.2, 0) is 21.1 Å². The van der Waals surface area contributed by atoms with E-state index in [1.165, 1.54) is 12.5 Å². The number of nitrogens with zero attached hydrogens (tertiary/aromatic N) is 1. The quantitative estimate of drug-likeness (QED) is 0.721. The van der Waals surface area contributed by atoms with Crippen molar-refractivity contribution in [2.45, 2.75) is 18.7 Å². The summed E-state index contributed by atoms with van der Waals surface area (Å²) in [5, 5.41) is 2.40. The number of ether oxygens (including phenoxy) is 1. The molecular formula is C10H18N2O4S. The van der Waals surface area contributed by atoms with Crippen LogP contribution in [0.5, 0.6) is 0 Å². The molecule has 1 atom stereocenters. The summed E-state index contributed by atoms with van der Waals surface area (Å²) < 4.78 is 32.9. The first-order chi connectivity index (χ1) is 7.95. The van der Waals surface area contributed by atoms with Gasteiger partial charge in [-0.2, -0.15) is 0 Å². The Morgan fingerprint density at radius 3 is 2.88 bits per heavy atom. The Balaban J connectivity index is 2.54. The van der Waals surface area contributed by atoms with Crippen molar-refractivity contribution in [2.75, 3.05) is 26.5 Å². The zero-order valence-corrected chi connectivity index (χ0v) is 11.1. The van der Waals surface area contributed by atoms with Gasteiger partial charge in [-0.15, -0.1) is 0 Å². The zero-order chi connectivity index (χ0) is 12.9. The van der Waals surface area contributed by atoms with Gasteiger partial charge in [0.2, 0.25) is 5.89 Å². The average molecular weight is 262 g/mol. The largest absolute Gasteiger partial charge is 0.443 e. The van der Waals surface area contributed by atoms with Crippen molar-refractivity contribution in [2.24, 2.45) is 0 Å². The molecule has 0 aromatic carbocycles. The highest BCUT2D eigenvalue weighted by atomic mass is 32.2. The molecule has 7 heteroatoms. The number of methoxy groups -OCH3 is 1. The number of nitrogens with one attached hydrogen (secondary N) is 1. The summed E-state index contributed by atoms with van der Waals surface area (Å²) >= 11 is 0. The number of sulfone groups is 1. The number of rotatable bonds is 7. The van der Waals surface area contributed by atoms with Crippen molar-refractivity contribution >= 4 is 9.84 Å². The van der Waals surface area contributed by atoms with E-state index in [0.29, 0.717) is 31.3 Å². The molecule has 0 saturated heterocycles. The number of oxazole rings is 1. The maximum Gasteiger partial charge on any atom is 0.208 e. The van der Waals surface area contributed by atoms with Crippen LogP contribution in [0.25, 0.3) is 0 Å². The molecule has 17 heavy (non-hydrogen) atoms. The standard InChI is InChI=1S/C10H18N2O4S/c1-8(17(3,13)14)9-6-12-10(16-9)7-11-4-5-15-2/h6,8,11H,4-5,7H2,1-3H3. The third-order valence-electron chi connectivity index (χ3n) is 2.37. The lowest BCUT2D eigenvalue weighted by Crippen LogP contribution is -2.18. The van der Waals surface area contributed by atoms with E-state index >= 15 is 0 Å². The molecule has 1 heterocycles. The summed E-state index contributed by atoms with van der Waals surface area (Å²) in [7, 11) is -1.52. The van der Waals surface area contributed by atoms with E-state index in [2.05, 4.69) is 10.3 Å². The van der Waals surface area contributed by atoms with Crippen molar-refractivity contribution in [1.29, 1.82) is 0 Å². The van der Waals surface area contributed by atoms with Gasteiger partial charge in [0.25, 0.3) is 0 Å². The van der Waals surface area contributed by atoms with Gasteiger partial charge in [-0.25, -0.2) is 13.4 Å². The summed E-state index contributed by atoms with van der Waals surface area (Å²) in [4.78, 5) is 4.01. The lowest BCUT2D eigenvalue weighted by Gasteiger charge is -2.04. The van der Waals surface area contributed by atoms with E-state index < -0.39 is 15.1 Å². The minimum Gasteiger partial charge on any atom is -0.443 e. The normalized spacial score (nSPS) is 13.8. The molecule has 0 saturated carbocycles. The van der Waals surface area contributed by atoms with Gasteiger partial charge in [0, 0.05) is 19.9 Å². The molecule has 0 aliphatic rings. The van der Waals surface area contributed by atoms with Crippen LogP contribution in [0.15, 0.2) is 10.6 Å². The van der Waals surface area contributed by atoms with Crippen molar-refractivity contribution in [1.82, 2.24) is 10.3 Å². The molecule has 0 aliphatic carbocycles. The van der Waals surface area contributed by atoms with E-state index in [4.69, 9.17) is 9.15 Å². The van der Waals surface area contributed by atoms with Crippen LogP contribution in [0, 0.1) is 0 Å². The Morgan fingerprint density at radius 2 is 2.29 bits per heavy atom. The Labute approximate surface area is 101 Å². The van der Waals surface area contributed by atoms with Crippen molar-refractivity contribution < 1.29 is 17.6 Å². The summed E-state index contributed by atoms with van der Waals surface area (Å²) in [6, 6.07) is 0. The van der Waals surface area contributed by atoms with Crippen LogP contribution in [0.2, 0.25) is 0 Å². The molecule has 0 aliphatic heterocycles. The summed E-state index contributed by atoms with van der Waals surface area (Å²) in [6.45, 7) is 3.33. The van der Waals surface area contributed by atoms with Crippen LogP contribution in [0.3, 0.4) is 0 Å². The Hall–Kier alpha value is -0.920. The SMILES string of the molecule is COCCNCc1ncc(C(C)S(C)(=O)=O)o1. The summed E-state index contributed by atoms with van der Waals surface area (Å²) in [5.41, 5.74) is 0. The predicted octanol–water partition coefficient (Wildman–Crippen LogP) is 0.516. The lowest BCUT2D eigenvalue weighted by atomic mass is 10.4. The van der Waals surface area contributed by atoms with Gasteiger partial charge in [0.15, 0.2) is 9.84 Å². The monoisotopic (exact) mass is 262 g/mol. The second-order valence-electron chi connectivity index (χ2n) is 3.80. The zero-order valence-electron chi connectivity index (χ0n) is 10.3. The van der Waals surface area contributed by atoms with E-state index in [1.54, 1.807) is 14.0 Å². The van der Waals surface area contributed by atoms with Gasteiger partial charge in [-0.05, 0) is 6.92 Å². The number of hydrogen-bond donors (Lipinski definition) is 1. The highest BCUT2D eigenvalue weighted by Crippen LogP contribution is 2.21. The second kappa shape index (κ2) is 6.13. The Morgan fingerprint density at radius 1 is 1.59 bits per heavy atom. The molecule has 0 fully saturated rings. The highest BCUT2D eigenvalue weighted by molar-refractivity contribution is 7.90. The Kier molecular flexibility index (Phi) is 5.10. The van der Waals surface area contributed by atoms with Gasteiger partial charge in [0.05, 0.1) is 19.3 Å². The first kappa shape index (κ1) is 14.1. The number of hydrogen-bond acceptors (Lipinski definition) is 6. The van der Waals surface area contributed by atoms with E-state index in [0.717, 1.165) is 0 Å². The average Bonchev–Trinajstić information content (AvgIpc) is 2.70. The highest BCUT2D eigenvalue weighted by Gasteiger charge is 2.21. The maximum absolute atomic E-state index is 11.3. The molecule has 98 valence electrons. The molecule has 1 unspecified atom stereocenters. The summed E-state index contributed by atoms with van der Waals surface area (Å²) in [5.74, 6) is 0.850. The van der Waals surface area contributed by atoms with Crippen LogP contribution in [-0.4, -0.2) is 39.9 Å². The van der Waals surface area contributed by atoms with Crippen LogP contribution >= 0.6 is 0 Å².